The molecule has 2 aliphatic heterocycles. The Labute approximate surface area is 181 Å². The molecule has 1 aromatic carbocycles. The van der Waals surface area contributed by atoms with Gasteiger partial charge in [0.25, 0.3) is 0 Å². The summed E-state index contributed by atoms with van der Waals surface area (Å²) in [6, 6.07) is 5.22. The average molecular weight is 437 g/mol. The molecule has 8 heteroatoms. The molecule has 0 saturated carbocycles. The number of piperidine rings is 1. The lowest BCUT2D eigenvalue weighted by molar-refractivity contribution is -0.119. The van der Waals surface area contributed by atoms with Gasteiger partial charge in [0.15, 0.2) is 0 Å². The summed E-state index contributed by atoms with van der Waals surface area (Å²) in [4.78, 5) is 17.5. The highest BCUT2D eigenvalue weighted by Crippen LogP contribution is 2.32. The van der Waals surface area contributed by atoms with Crippen LogP contribution in [-0.2, 0) is 14.8 Å². The third-order valence-corrected chi connectivity index (χ3v) is 8.09. The molecule has 0 radical (unpaired) electrons. The molecular formula is C22H36N4O3S. The summed E-state index contributed by atoms with van der Waals surface area (Å²) in [5.41, 5.74) is 1.50. The third-order valence-electron chi connectivity index (χ3n) is 6.19. The molecule has 0 aliphatic carbocycles. The first kappa shape index (κ1) is 23.0. The van der Waals surface area contributed by atoms with E-state index < -0.39 is 10.0 Å². The summed E-state index contributed by atoms with van der Waals surface area (Å²) < 4.78 is 27.9. The molecular weight excluding hydrogens is 400 g/mol. The summed E-state index contributed by atoms with van der Waals surface area (Å²) >= 11 is 0. The van der Waals surface area contributed by atoms with Crippen molar-refractivity contribution in [3.8, 4) is 0 Å². The number of likely N-dealkylation sites (N-methyl/N-ethyl adjacent to an activating group) is 1. The van der Waals surface area contributed by atoms with Crippen LogP contribution in [0.25, 0.3) is 0 Å². The first-order chi connectivity index (χ1) is 14.3. The topological polar surface area (TPSA) is 73.0 Å². The zero-order valence-electron chi connectivity index (χ0n) is 18.6. The Hall–Kier alpha value is -1.64. The lowest BCUT2D eigenvalue weighted by Crippen LogP contribution is -2.44. The molecule has 1 N–H and O–H groups in total. The molecule has 2 aliphatic rings. The lowest BCUT2D eigenvalue weighted by Gasteiger charge is -2.35. The quantitative estimate of drug-likeness (QED) is 0.711. The predicted molar refractivity (Wildman–Crippen MR) is 121 cm³/mol. The van der Waals surface area contributed by atoms with Gasteiger partial charge in [-0.25, -0.2) is 8.42 Å². The second kappa shape index (κ2) is 10.1. The van der Waals surface area contributed by atoms with Crippen LogP contribution in [0.3, 0.4) is 0 Å². The number of carbonyl (C=O) groups excluding carboxylic acids is 1. The first-order valence-corrected chi connectivity index (χ1v) is 12.7. The number of benzene rings is 1. The molecule has 1 aromatic rings. The van der Waals surface area contributed by atoms with Crippen molar-refractivity contribution in [1.29, 1.82) is 0 Å². The van der Waals surface area contributed by atoms with E-state index in [0.29, 0.717) is 18.8 Å². The van der Waals surface area contributed by atoms with Crippen LogP contribution in [0.1, 0.15) is 46.0 Å². The third kappa shape index (κ3) is 5.34. The van der Waals surface area contributed by atoms with Crippen molar-refractivity contribution in [1.82, 2.24) is 9.21 Å². The second-order valence-electron chi connectivity index (χ2n) is 8.61. The van der Waals surface area contributed by atoms with Crippen molar-refractivity contribution in [3.05, 3.63) is 18.2 Å². The zero-order chi connectivity index (χ0) is 21.7. The van der Waals surface area contributed by atoms with Crippen molar-refractivity contribution in [2.45, 2.75) is 50.8 Å². The van der Waals surface area contributed by atoms with Gasteiger partial charge in [0.1, 0.15) is 0 Å². The Morgan fingerprint density at radius 3 is 2.37 bits per heavy atom. The van der Waals surface area contributed by atoms with E-state index in [1.54, 1.807) is 16.4 Å². The normalized spacial score (nSPS) is 20.2. The van der Waals surface area contributed by atoms with Gasteiger partial charge >= 0.3 is 0 Å². The number of hydrogen-bond donors (Lipinski definition) is 1. The van der Waals surface area contributed by atoms with Gasteiger partial charge in [0.05, 0.1) is 16.3 Å². The molecule has 7 nitrogen and oxygen atoms in total. The predicted octanol–water partition coefficient (Wildman–Crippen LogP) is 2.99. The zero-order valence-corrected chi connectivity index (χ0v) is 19.4. The van der Waals surface area contributed by atoms with Gasteiger partial charge in [-0.05, 0) is 44.5 Å². The summed E-state index contributed by atoms with van der Waals surface area (Å²) in [5, 5.41) is 3.04. The van der Waals surface area contributed by atoms with Crippen LogP contribution in [0, 0.1) is 5.92 Å². The fraction of sp³-hybridized carbons (Fsp3) is 0.682. The molecule has 1 amide bonds. The number of sulfonamides is 1. The van der Waals surface area contributed by atoms with Crippen molar-refractivity contribution < 1.29 is 13.2 Å². The maximum atomic E-state index is 13.2. The molecule has 0 aromatic heterocycles. The van der Waals surface area contributed by atoms with Crippen molar-refractivity contribution in [2.24, 2.45) is 5.92 Å². The summed E-state index contributed by atoms with van der Waals surface area (Å²) in [6.45, 7) is 8.69. The standard InChI is InChI=1S/C22H36N4O3S/c1-4-8-18(2)22(27)23-20-17-19(30(28,29)26-11-6-5-7-12-26)9-10-21(20)25-15-13-24(3)14-16-25/h9-10,17-18H,4-8,11-16H2,1-3H3,(H,23,27)/t18-/m1/s1. The molecule has 2 heterocycles. The highest BCUT2D eigenvalue weighted by Gasteiger charge is 2.28. The molecule has 2 saturated heterocycles. The van der Waals surface area contributed by atoms with Gasteiger partial charge in [-0.15, -0.1) is 0 Å². The summed E-state index contributed by atoms with van der Waals surface area (Å²) in [6.07, 6.45) is 4.61. The molecule has 168 valence electrons. The fourth-order valence-electron chi connectivity index (χ4n) is 4.17. The van der Waals surface area contributed by atoms with E-state index in [1.165, 1.54) is 0 Å². The van der Waals surface area contributed by atoms with Gasteiger partial charge in [0.2, 0.25) is 15.9 Å². The van der Waals surface area contributed by atoms with E-state index in [4.69, 9.17) is 0 Å². The average Bonchev–Trinajstić information content (AvgIpc) is 2.75. The Balaban J connectivity index is 1.91. The lowest BCUT2D eigenvalue weighted by atomic mass is 10.1. The first-order valence-electron chi connectivity index (χ1n) is 11.2. The Bertz CT molecular complexity index is 829. The van der Waals surface area contributed by atoms with Crippen LogP contribution in [0.4, 0.5) is 11.4 Å². The Morgan fingerprint density at radius 2 is 1.73 bits per heavy atom. The highest BCUT2D eigenvalue weighted by atomic mass is 32.2. The minimum Gasteiger partial charge on any atom is -0.367 e. The number of nitrogens with zero attached hydrogens (tertiary/aromatic N) is 3. The van der Waals surface area contributed by atoms with E-state index in [0.717, 1.165) is 64.0 Å². The Kier molecular flexibility index (Phi) is 7.76. The number of rotatable bonds is 7. The van der Waals surface area contributed by atoms with Gasteiger partial charge < -0.3 is 15.1 Å². The molecule has 0 spiro atoms. The minimum absolute atomic E-state index is 0.0558. The number of piperazine rings is 1. The van der Waals surface area contributed by atoms with E-state index in [1.807, 2.05) is 13.0 Å². The fourth-order valence-corrected chi connectivity index (χ4v) is 5.72. The van der Waals surface area contributed by atoms with E-state index in [-0.39, 0.29) is 16.7 Å². The van der Waals surface area contributed by atoms with Crippen LogP contribution in [-0.4, -0.2) is 69.8 Å². The van der Waals surface area contributed by atoms with Gasteiger partial charge in [-0.1, -0.05) is 26.7 Å². The maximum Gasteiger partial charge on any atom is 0.243 e. The van der Waals surface area contributed by atoms with Crippen LogP contribution in [0.15, 0.2) is 23.1 Å². The smallest absolute Gasteiger partial charge is 0.243 e. The molecule has 0 unspecified atom stereocenters. The van der Waals surface area contributed by atoms with Crippen molar-refractivity contribution in [3.63, 3.8) is 0 Å². The minimum atomic E-state index is -3.55. The number of hydrogen-bond acceptors (Lipinski definition) is 5. The van der Waals surface area contributed by atoms with Crippen LogP contribution >= 0.6 is 0 Å². The monoisotopic (exact) mass is 436 g/mol. The second-order valence-corrected chi connectivity index (χ2v) is 10.6. The number of amides is 1. The molecule has 30 heavy (non-hydrogen) atoms. The largest absolute Gasteiger partial charge is 0.367 e. The van der Waals surface area contributed by atoms with Crippen LogP contribution in [0.2, 0.25) is 0 Å². The Morgan fingerprint density at radius 1 is 1.07 bits per heavy atom. The number of anilines is 2. The van der Waals surface area contributed by atoms with E-state index in [9.17, 15) is 13.2 Å². The molecule has 2 fully saturated rings. The summed E-state index contributed by atoms with van der Waals surface area (Å²) in [5.74, 6) is -0.169. The van der Waals surface area contributed by atoms with Gasteiger partial charge in [-0.3, -0.25) is 4.79 Å². The van der Waals surface area contributed by atoms with Crippen LogP contribution in [0.5, 0.6) is 0 Å². The summed E-state index contributed by atoms with van der Waals surface area (Å²) in [7, 11) is -1.45. The number of carbonyl (C=O) groups is 1. The van der Waals surface area contributed by atoms with E-state index >= 15 is 0 Å². The highest BCUT2D eigenvalue weighted by molar-refractivity contribution is 7.89. The van der Waals surface area contributed by atoms with Crippen LogP contribution < -0.4 is 10.2 Å². The van der Waals surface area contributed by atoms with Gasteiger partial charge in [-0.2, -0.15) is 4.31 Å². The molecule has 0 bridgehead atoms. The molecule has 3 rings (SSSR count). The maximum absolute atomic E-state index is 13.2. The van der Waals surface area contributed by atoms with Gasteiger partial charge in [0, 0.05) is 45.2 Å². The number of nitrogens with one attached hydrogen (secondary N) is 1. The van der Waals surface area contributed by atoms with Crippen molar-refractivity contribution in [2.75, 3.05) is 56.5 Å². The van der Waals surface area contributed by atoms with Crippen molar-refractivity contribution >= 4 is 27.3 Å². The molecule has 1 atom stereocenters. The van der Waals surface area contributed by atoms with E-state index in [2.05, 4.69) is 29.1 Å². The SMILES string of the molecule is CCC[C@@H](C)C(=O)Nc1cc(S(=O)(=O)N2CCCCC2)ccc1N1CCN(C)CC1.